The predicted molar refractivity (Wildman–Crippen MR) is 67.2 cm³/mol. The number of rotatable bonds is 5. The largest absolute Gasteiger partial charge is 0.492 e. The van der Waals surface area contributed by atoms with Crippen LogP contribution in [0.2, 0.25) is 0 Å². The Morgan fingerprint density at radius 1 is 1.35 bits per heavy atom. The summed E-state index contributed by atoms with van der Waals surface area (Å²) in [4.78, 5) is 2.09. The highest BCUT2D eigenvalue weighted by Crippen LogP contribution is 2.25. The van der Waals surface area contributed by atoms with E-state index in [0.29, 0.717) is 6.61 Å². The third-order valence-corrected chi connectivity index (χ3v) is 2.47. The van der Waals surface area contributed by atoms with Crippen molar-refractivity contribution in [3.8, 4) is 17.1 Å². The first-order valence-corrected chi connectivity index (χ1v) is 5.66. The van der Waals surface area contributed by atoms with Crippen LogP contribution >= 0.6 is 0 Å². The minimum absolute atomic E-state index is 0.691. The fraction of sp³-hybridized carbons (Fsp3) is 0.385. The van der Waals surface area contributed by atoms with Gasteiger partial charge in [-0.2, -0.15) is 0 Å². The van der Waals surface area contributed by atoms with Crippen LogP contribution in [0.3, 0.4) is 0 Å². The molecule has 0 saturated heterocycles. The van der Waals surface area contributed by atoms with Crippen molar-refractivity contribution in [1.29, 1.82) is 0 Å². The normalized spacial score (nSPS) is 11.1. The van der Waals surface area contributed by atoms with Crippen LogP contribution < -0.4 is 4.74 Å². The lowest BCUT2D eigenvalue weighted by molar-refractivity contribution is 0.255. The topological polar surface area (TPSA) is 30.5 Å². The first-order chi connectivity index (χ1) is 8.15. The second-order valence-electron chi connectivity index (χ2n) is 4.31. The van der Waals surface area contributed by atoms with Crippen molar-refractivity contribution in [2.24, 2.45) is 7.05 Å². The monoisotopic (exact) mass is 234 g/mol. The molecule has 0 fully saturated rings. The van der Waals surface area contributed by atoms with Crippen molar-refractivity contribution in [3.05, 3.63) is 30.5 Å². The van der Waals surface area contributed by atoms with Crippen molar-refractivity contribution in [2.75, 3.05) is 27.2 Å². The number of benzene rings is 1. The molecule has 1 heterocycles. The third kappa shape index (κ3) is 3.14. The Morgan fingerprint density at radius 3 is 2.76 bits per heavy atom. The fourth-order valence-corrected chi connectivity index (χ4v) is 1.53. The Kier molecular flexibility index (Phi) is 3.54. The molecule has 1 aromatic heterocycles. The molecule has 0 amide bonds. The van der Waals surface area contributed by atoms with Crippen molar-refractivity contribution < 1.29 is 9.26 Å². The molecule has 0 aliphatic rings. The summed E-state index contributed by atoms with van der Waals surface area (Å²) in [5.74, 6) is 1.76. The Bertz CT molecular complexity index is 459. The van der Waals surface area contributed by atoms with Gasteiger partial charge in [0.05, 0.1) is 6.20 Å². The van der Waals surface area contributed by atoms with Crippen molar-refractivity contribution in [3.63, 3.8) is 0 Å². The van der Waals surface area contributed by atoms with Crippen molar-refractivity contribution in [2.45, 2.75) is 0 Å². The second kappa shape index (κ2) is 5.10. The number of ether oxygens (including phenoxy) is 1. The summed E-state index contributed by atoms with van der Waals surface area (Å²) < 4.78 is 12.7. The van der Waals surface area contributed by atoms with Gasteiger partial charge in [0, 0.05) is 19.2 Å². The van der Waals surface area contributed by atoms with E-state index >= 15 is 0 Å². The summed E-state index contributed by atoms with van der Waals surface area (Å²) in [6.07, 6.45) is 1.94. The SMILES string of the molecule is CN(C)CCOc1cccc(-c2cn(C)o2)c1. The maximum atomic E-state index is 5.67. The molecule has 17 heavy (non-hydrogen) atoms. The second-order valence-corrected chi connectivity index (χ2v) is 4.31. The lowest BCUT2D eigenvalue weighted by Gasteiger charge is -2.12. The Morgan fingerprint density at radius 2 is 2.12 bits per heavy atom. The molecule has 0 atom stereocenters. The Labute approximate surface area is 101 Å². The maximum absolute atomic E-state index is 5.67. The van der Waals surface area contributed by atoms with Crippen molar-refractivity contribution >= 4 is 0 Å². The van der Waals surface area contributed by atoms with Crippen molar-refractivity contribution in [1.82, 2.24) is 9.64 Å². The molecular formula is C13H18N2O2. The van der Waals surface area contributed by atoms with Gasteiger partial charge in [0.15, 0.2) is 5.76 Å². The van der Waals surface area contributed by atoms with E-state index in [1.54, 1.807) is 4.74 Å². The van der Waals surface area contributed by atoms with E-state index in [9.17, 15) is 0 Å². The predicted octanol–water partition coefficient (Wildman–Crippen LogP) is 2.23. The van der Waals surface area contributed by atoms with Gasteiger partial charge in [-0.3, -0.25) is 0 Å². The molecule has 0 bridgehead atoms. The van der Waals surface area contributed by atoms with E-state index < -0.39 is 0 Å². The number of nitrogens with zero attached hydrogens (tertiary/aromatic N) is 2. The van der Waals surface area contributed by atoms with Gasteiger partial charge in [-0.1, -0.05) is 12.1 Å². The molecule has 0 unspecified atom stereocenters. The fourth-order valence-electron chi connectivity index (χ4n) is 1.53. The molecule has 2 rings (SSSR count). The van der Waals surface area contributed by atoms with E-state index in [4.69, 9.17) is 9.26 Å². The van der Waals surface area contributed by atoms with Gasteiger partial charge in [-0.15, -0.1) is 0 Å². The standard InChI is InChI=1S/C13H18N2O2/c1-14(2)7-8-16-12-6-4-5-11(9-12)13-10-15(3)17-13/h4-6,9-10H,7-8H2,1-3H3. The molecule has 0 saturated carbocycles. The van der Waals surface area contributed by atoms with E-state index in [2.05, 4.69) is 4.90 Å². The van der Waals surface area contributed by atoms with E-state index in [-0.39, 0.29) is 0 Å². The minimum Gasteiger partial charge on any atom is -0.492 e. The zero-order valence-electron chi connectivity index (χ0n) is 10.5. The molecule has 0 N–H and O–H groups in total. The molecular weight excluding hydrogens is 216 g/mol. The van der Waals surface area contributed by atoms with Gasteiger partial charge < -0.3 is 14.2 Å². The molecule has 0 aliphatic heterocycles. The highest BCUT2D eigenvalue weighted by molar-refractivity contribution is 5.58. The first-order valence-electron chi connectivity index (χ1n) is 5.66. The summed E-state index contributed by atoms with van der Waals surface area (Å²) in [5, 5.41) is 0. The van der Waals surface area contributed by atoms with Gasteiger partial charge in [0.1, 0.15) is 12.4 Å². The Hall–Kier alpha value is -1.68. The van der Waals surface area contributed by atoms with Gasteiger partial charge in [-0.05, 0) is 26.2 Å². The van der Waals surface area contributed by atoms with E-state index in [0.717, 1.165) is 23.6 Å². The van der Waals surface area contributed by atoms with Crippen LogP contribution in [-0.4, -0.2) is 36.9 Å². The molecule has 2 aromatic rings. The van der Waals surface area contributed by atoms with Gasteiger partial charge in [0.25, 0.3) is 0 Å². The van der Waals surface area contributed by atoms with Crippen LogP contribution in [0.5, 0.6) is 5.75 Å². The zero-order chi connectivity index (χ0) is 12.3. The number of hydrogen-bond donors (Lipinski definition) is 0. The van der Waals surface area contributed by atoms with Crippen LogP contribution in [0.15, 0.2) is 35.0 Å². The minimum atomic E-state index is 0.691. The molecule has 0 aliphatic carbocycles. The molecule has 92 valence electrons. The quantitative estimate of drug-likeness (QED) is 0.794. The van der Waals surface area contributed by atoms with E-state index in [1.165, 1.54) is 0 Å². The molecule has 0 spiro atoms. The maximum Gasteiger partial charge on any atom is 0.181 e. The van der Waals surface area contributed by atoms with Gasteiger partial charge in [0.2, 0.25) is 0 Å². The number of hydrogen-bond acceptors (Lipinski definition) is 3. The summed E-state index contributed by atoms with van der Waals surface area (Å²) in [6, 6.07) is 7.94. The average molecular weight is 234 g/mol. The molecule has 4 heteroatoms. The molecule has 0 radical (unpaired) electrons. The summed E-state index contributed by atoms with van der Waals surface area (Å²) >= 11 is 0. The van der Waals surface area contributed by atoms with E-state index in [1.807, 2.05) is 51.6 Å². The highest BCUT2D eigenvalue weighted by Gasteiger charge is 2.06. The first kappa shape index (κ1) is 11.8. The zero-order valence-corrected chi connectivity index (χ0v) is 10.5. The summed E-state index contributed by atoms with van der Waals surface area (Å²) in [7, 11) is 5.92. The summed E-state index contributed by atoms with van der Waals surface area (Å²) in [6.45, 7) is 1.60. The smallest absolute Gasteiger partial charge is 0.181 e. The van der Waals surface area contributed by atoms with Crippen LogP contribution in [0.4, 0.5) is 0 Å². The average Bonchev–Trinajstić information content (AvgIpc) is 2.25. The lowest BCUT2D eigenvalue weighted by atomic mass is 10.2. The summed E-state index contributed by atoms with van der Waals surface area (Å²) in [5.41, 5.74) is 1.05. The van der Waals surface area contributed by atoms with Crippen LogP contribution in [0.25, 0.3) is 11.3 Å². The molecule has 4 nitrogen and oxygen atoms in total. The number of aromatic nitrogens is 1. The Balaban J connectivity index is 1.98. The lowest BCUT2D eigenvalue weighted by Crippen LogP contribution is -2.19. The van der Waals surface area contributed by atoms with Gasteiger partial charge in [-0.25, -0.2) is 4.74 Å². The third-order valence-electron chi connectivity index (χ3n) is 2.47. The van der Waals surface area contributed by atoms with Crippen LogP contribution in [0.1, 0.15) is 0 Å². The molecule has 1 aromatic carbocycles. The number of aryl methyl sites for hydroxylation is 1. The number of likely N-dealkylation sites (N-methyl/N-ethyl adjacent to an activating group) is 1. The van der Waals surface area contributed by atoms with Crippen LogP contribution in [-0.2, 0) is 7.05 Å². The van der Waals surface area contributed by atoms with Gasteiger partial charge >= 0.3 is 0 Å². The van der Waals surface area contributed by atoms with Crippen LogP contribution in [0, 0.1) is 0 Å². The highest BCUT2D eigenvalue weighted by atomic mass is 16.5.